The highest BCUT2D eigenvalue weighted by Gasteiger charge is 2.22. The first-order chi connectivity index (χ1) is 12.5. The molecule has 1 aromatic carbocycles. The van der Waals surface area contributed by atoms with E-state index in [9.17, 15) is 9.90 Å². The van der Waals surface area contributed by atoms with Gasteiger partial charge < -0.3 is 15.2 Å². The lowest BCUT2D eigenvalue weighted by molar-refractivity contribution is -0.0147. The standard InChI is InChI=1S/C18H20N4O3S/c1-18(24,12-25-2)11-19-16(23)15-10-26-17(21-15)13-8-20-22(9-13)14-6-4-3-5-7-14/h3-10,24H,11-12H2,1-2H3,(H,19,23). The number of benzene rings is 1. The Labute approximate surface area is 155 Å². The first-order valence-electron chi connectivity index (χ1n) is 8.04. The Balaban J connectivity index is 1.68. The normalized spacial score (nSPS) is 13.3. The van der Waals surface area contributed by atoms with Gasteiger partial charge in [-0.3, -0.25) is 4.79 Å². The highest BCUT2D eigenvalue weighted by atomic mass is 32.1. The van der Waals surface area contributed by atoms with E-state index in [-0.39, 0.29) is 19.1 Å². The molecule has 2 aromatic heterocycles. The van der Waals surface area contributed by atoms with Gasteiger partial charge in [-0.15, -0.1) is 11.3 Å². The molecule has 0 bridgehead atoms. The number of hydrogen-bond acceptors (Lipinski definition) is 6. The number of methoxy groups -OCH3 is 1. The molecule has 3 aromatic rings. The third-order valence-electron chi connectivity index (χ3n) is 3.67. The van der Waals surface area contributed by atoms with Gasteiger partial charge in [0, 0.05) is 30.8 Å². The third kappa shape index (κ3) is 4.34. The summed E-state index contributed by atoms with van der Waals surface area (Å²) in [4.78, 5) is 16.6. The monoisotopic (exact) mass is 372 g/mol. The van der Waals surface area contributed by atoms with Crippen LogP contribution in [0.15, 0.2) is 48.1 Å². The number of carbonyl (C=O) groups excluding carboxylic acids is 1. The summed E-state index contributed by atoms with van der Waals surface area (Å²) in [6.45, 7) is 1.81. The smallest absolute Gasteiger partial charge is 0.270 e. The van der Waals surface area contributed by atoms with Crippen LogP contribution in [0.1, 0.15) is 17.4 Å². The van der Waals surface area contributed by atoms with Gasteiger partial charge in [-0.25, -0.2) is 9.67 Å². The van der Waals surface area contributed by atoms with Crippen LogP contribution < -0.4 is 5.32 Å². The van der Waals surface area contributed by atoms with Crippen molar-refractivity contribution in [1.82, 2.24) is 20.1 Å². The number of amides is 1. The summed E-state index contributed by atoms with van der Waals surface area (Å²) in [6.07, 6.45) is 3.59. The summed E-state index contributed by atoms with van der Waals surface area (Å²) in [5.41, 5.74) is 0.976. The quantitative estimate of drug-likeness (QED) is 0.663. The minimum atomic E-state index is -1.12. The summed E-state index contributed by atoms with van der Waals surface area (Å²) in [6, 6.07) is 9.76. The van der Waals surface area contributed by atoms with Gasteiger partial charge in [0.25, 0.3) is 5.91 Å². The zero-order valence-electron chi connectivity index (χ0n) is 14.5. The largest absolute Gasteiger partial charge is 0.386 e. The number of hydrogen-bond donors (Lipinski definition) is 2. The Morgan fingerprint density at radius 2 is 2.15 bits per heavy atom. The average Bonchev–Trinajstić information content (AvgIpc) is 3.30. The maximum absolute atomic E-state index is 12.2. The van der Waals surface area contributed by atoms with E-state index < -0.39 is 5.60 Å². The molecule has 0 spiro atoms. The molecule has 0 aliphatic heterocycles. The lowest BCUT2D eigenvalue weighted by Gasteiger charge is -2.22. The van der Waals surface area contributed by atoms with E-state index in [1.54, 1.807) is 23.2 Å². The van der Waals surface area contributed by atoms with Crippen LogP contribution in [0.3, 0.4) is 0 Å². The van der Waals surface area contributed by atoms with Crippen LogP contribution in [-0.4, -0.2) is 51.6 Å². The molecular formula is C18H20N4O3S. The van der Waals surface area contributed by atoms with Gasteiger partial charge in [0.15, 0.2) is 0 Å². The number of aliphatic hydroxyl groups is 1. The Kier molecular flexibility index (Phi) is 5.46. The van der Waals surface area contributed by atoms with Crippen molar-refractivity contribution in [3.63, 3.8) is 0 Å². The summed E-state index contributed by atoms with van der Waals surface area (Å²) in [7, 11) is 1.50. The Morgan fingerprint density at radius 3 is 2.88 bits per heavy atom. The molecule has 0 fully saturated rings. The average molecular weight is 372 g/mol. The highest BCUT2D eigenvalue weighted by molar-refractivity contribution is 7.13. The molecule has 8 heteroatoms. The molecule has 0 aliphatic carbocycles. The Bertz CT molecular complexity index is 873. The molecule has 7 nitrogen and oxygen atoms in total. The summed E-state index contributed by atoms with van der Waals surface area (Å²) in [5, 5.41) is 19.5. The minimum Gasteiger partial charge on any atom is -0.386 e. The zero-order valence-corrected chi connectivity index (χ0v) is 15.4. The lowest BCUT2D eigenvalue weighted by Crippen LogP contribution is -2.43. The predicted octanol–water partition coefficient (Wildman–Crippen LogP) is 2.12. The molecule has 0 saturated carbocycles. The van der Waals surface area contributed by atoms with Crippen molar-refractivity contribution in [2.24, 2.45) is 0 Å². The zero-order chi connectivity index (χ0) is 18.6. The lowest BCUT2D eigenvalue weighted by atomic mass is 10.1. The van der Waals surface area contributed by atoms with Crippen molar-refractivity contribution in [1.29, 1.82) is 0 Å². The van der Waals surface area contributed by atoms with Crippen LogP contribution >= 0.6 is 11.3 Å². The molecule has 136 valence electrons. The number of carbonyl (C=O) groups is 1. The number of thiazole rings is 1. The van der Waals surface area contributed by atoms with Crippen molar-refractivity contribution < 1.29 is 14.6 Å². The van der Waals surface area contributed by atoms with E-state index in [1.807, 2.05) is 36.5 Å². The van der Waals surface area contributed by atoms with Crippen molar-refractivity contribution in [2.45, 2.75) is 12.5 Å². The third-order valence-corrected chi connectivity index (χ3v) is 4.56. The van der Waals surface area contributed by atoms with Crippen molar-refractivity contribution in [3.05, 3.63) is 53.8 Å². The van der Waals surface area contributed by atoms with Gasteiger partial charge in [-0.05, 0) is 19.1 Å². The minimum absolute atomic E-state index is 0.0818. The number of nitrogens with one attached hydrogen (secondary N) is 1. The fourth-order valence-electron chi connectivity index (χ4n) is 2.39. The van der Waals surface area contributed by atoms with Crippen molar-refractivity contribution in [2.75, 3.05) is 20.3 Å². The maximum atomic E-state index is 12.2. The van der Waals surface area contributed by atoms with E-state index in [0.29, 0.717) is 10.7 Å². The van der Waals surface area contributed by atoms with E-state index in [0.717, 1.165) is 11.3 Å². The fourth-order valence-corrected chi connectivity index (χ4v) is 3.16. The van der Waals surface area contributed by atoms with E-state index in [2.05, 4.69) is 15.4 Å². The van der Waals surface area contributed by atoms with Crippen molar-refractivity contribution in [3.8, 4) is 16.3 Å². The van der Waals surface area contributed by atoms with E-state index in [1.165, 1.54) is 18.4 Å². The van der Waals surface area contributed by atoms with Crippen LogP contribution in [0.4, 0.5) is 0 Å². The second-order valence-corrected chi connectivity index (χ2v) is 7.02. The SMILES string of the molecule is COCC(C)(O)CNC(=O)c1csc(-c2cnn(-c3ccccc3)c2)n1. The van der Waals surface area contributed by atoms with Crippen LogP contribution in [-0.2, 0) is 4.74 Å². The van der Waals surface area contributed by atoms with Crippen LogP contribution in [0.5, 0.6) is 0 Å². The highest BCUT2D eigenvalue weighted by Crippen LogP contribution is 2.24. The van der Waals surface area contributed by atoms with Crippen LogP contribution in [0, 0.1) is 0 Å². The predicted molar refractivity (Wildman–Crippen MR) is 99.5 cm³/mol. The molecule has 1 unspecified atom stereocenters. The topological polar surface area (TPSA) is 89.3 Å². The van der Waals surface area contributed by atoms with Gasteiger partial charge in [-0.2, -0.15) is 5.10 Å². The number of para-hydroxylation sites is 1. The molecule has 0 saturated heterocycles. The maximum Gasteiger partial charge on any atom is 0.270 e. The molecule has 0 radical (unpaired) electrons. The molecule has 2 N–H and O–H groups in total. The summed E-state index contributed by atoms with van der Waals surface area (Å²) in [5.74, 6) is -0.334. The van der Waals surface area contributed by atoms with Gasteiger partial charge in [0.05, 0.1) is 18.5 Å². The molecular weight excluding hydrogens is 352 g/mol. The molecule has 1 atom stereocenters. The summed E-state index contributed by atoms with van der Waals surface area (Å²) >= 11 is 1.37. The molecule has 26 heavy (non-hydrogen) atoms. The number of ether oxygens (including phenoxy) is 1. The first kappa shape index (κ1) is 18.2. The molecule has 2 heterocycles. The van der Waals surface area contributed by atoms with Gasteiger partial charge in [0.2, 0.25) is 0 Å². The van der Waals surface area contributed by atoms with Gasteiger partial charge in [0.1, 0.15) is 16.3 Å². The molecule has 0 aliphatic rings. The Hall–Kier alpha value is -2.55. The molecule has 1 amide bonds. The van der Waals surface area contributed by atoms with Crippen LogP contribution in [0.2, 0.25) is 0 Å². The number of rotatable bonds is 7. The second kappa shape index (κ2) is 7.77. The van der Waals surface area contributed by atoms with Gasteiger partial charge in [-0.1, -0.05) is 18.2 Å². The fraction of sp³-hybridized carbons (Fsp3) is 0.278. The first-order valence-corrected chi connectivity index (χ1v) is 8.92. The van der Waals surface area contributed by atoms with E-state index in [4.69, 9.17) is 4.74 Å². The second-order valence-electron chi connectivity index (χ2n) is 6.16. The number of aromatic nitrogens is 3. The number of nitrogens with zero attached hydrogens (tertiary/aromatic N) is 3. The molecule has 3 rings (SSSR count). The summed E-state index contributed by atoms with van der Waals surface area (Å²) < 4.78 is 6.68. The van der Waals surface area contributed by atoms with E-state index >= 15 is 0 Å². The Morgan fingerprint density at radius 1 is 1.38 bits per heavy atom. The van der Waals surface area contributed by atoms with Gasteiger partial charge >= 0.3 is 0 Å². The van der Waals surface area contributed by atoms with Crippen molar-refractivity contribution >= 4 is 17.2 Å². The van der Waals surface area contributed by atoms with Crippen LogP contribution in [0.25, 0.3) is 16.3 Å².